The van der Waals surface area contributed by atoms with Gasteiger partial charge in [-0.2, -0.15) is 0 Å². The van der Waals surface area contributed by atoms with Gasteiger partial charge in [-0.1, -0.05) is 34.4 Å². The van der Waals surface area contributed by atoms with Gasteiger partial charge in [0, 0.05) is 31.7 Å². The van der Waals surface area contributed by atoms with E-state index in [0.717, 1.165) is 13.0 Å². The van der Waals surface area contributed by atoms with Gasteiger partial charge in [-0.05, 0) is 25.5 Å². The van der Waals surface area contributed by atoms with E-state index in [-0.39, 0.29) is 5.91 Å². The van der Waals surface area contributed by atoms with Gasteiger partial charge in [0.2, 0.25) is 0 Å². The van der Waals surface area contributed by atoms with Gasteiger partial charge in [-0.25, -0.2) is 0 Å². The molecule has 1 unspecified atom stereocenters. The molecule has 1 atom stereocenters. The third-order valence-electron chi connectivity index (χ3n) is 4.18. The number of hydrogen-bond donors (Lipinski definition) is 0. The molecule has 5 nitrogen and oxygen atoms in total. The molecule has 1 saturated heterocycles. The number of carbonyl (C=O) groups excluding carboxylic acids is 1. The highest BCUT2D eigenvalue weighted by molar-refractivity contribution is 6.39. The Labute approximate surface area is 150 Å². The lowest BCUT2D eigenvalue weighted by atomic mass is 10.0. The molecule has 3 rings (SSSR count). The maximum Gasteiger partial charge on any atom is 0.259 e. The van der Waals surface area contributed by atoms with Crippen molar-refractivity contribution in [2.75, 3.05) is 26.8 Å². The van der Waals surface area contributed by atoms with E-state index < -0.39 is 0 Å². The van der Waals surface area contributed by atoms with Crippen LogP contribution in [0.3, 0.4) is 0 Å². The zero-order valence-corrected chi connectivity index (χ0v) is 15.0. The third-order valence-corrected chi connectivity index (χ3v) is 4.81. The minimum absolute atomic E-state index is 0.161. The summed E-state index contributed by atoms with van der Waals surface area (Å²) < 4.78 is 10.6. The summed E-state index contributed by atoms with van der Waals surface area (Å²) in [6.07, 6.45) is 0.962. The van der Waals surface area contributed by atoms with E-state index >= 15 is 0 Å². The van der Waals surface area contributed by atoms with E-state index in [1.54, 1.807) is 37.1 Å². The van der Waals surface area contributed by atoms with Crippen LogP contribution >= 0.6 is 23.2 Å². The van der Waals surface area contributed by atoms with Gasteiger partial charge in [0.15, 0.2) is 0 Å². The summed E-state index contributed by atoms with van der Waals surface area (Å²) in [6, 6.07) is 5.16. The standard InChI is InChI=1S/C17H18Cl2N2O3/c1-10-14(17(22)21(2)8-11-6-7-23-9-11)16(20-24-10)15-12(18)4-3-5-13(15)19/h3-5,11H,6-9H2,1-2H3. The largest absolute Gasteiger partial charge is 0.381 e. The van der Waals surface area contributed by atoms with E-state index in [1.165, 1.54) is 0 Å². The molecule has 7 heteroatoms. The highest BCUT2D eigenvalue weighted by Crippen LogP contribution is 2.37. The molecule has 0 spiro atoms. The number of benzene rings is 1. The van der Waals surface area contributed by atoms with Crippen molar-refractivity contribution in [2.45, 2.75) is 13.3 Å². The Morgan fingerprint density at radius 2 is 2.08 bits per heavy atom. The Balaban J connectivity index is 1.93. The van der Waals surface area contributed by atoms with Gasteiger partial charge in [0.05, 0.1) is 16.7 Å². The molecule has 24 heavy (non-hydrogen) atoms. The number of rotatable bonds is 4. The molecule has 128 valence electrons. The molecular weight excluding hydrogens is 351 g/mol. The molecule has 0 saturated carbocycles. The monoisotopic (exact) mass is 368 g/mol. The van der Waals surface area contributed by atoms with Crippen LogP contribution in [0.2, 0.25) is 10.0 Å². The van der Waals surface area contributed by atoms with E-state index in [9.17, 15) is 4.79 Å². The summed E-state index contributed by atoms with van der Waals surface area (Å²) in [5.41, 5.74) is 1.28. The topological polar surface area (TPSA) is 55.6 Å². The second kappa shape index (κ2) is 7.13. The minimum Gasteiger partial charge on any atom is -0.381 e. The zero-order chi connectivity index (χ0) is 17.3. The Morgan fingerprint density at radius 1 is 1.38 bits per heavy atom. The molecule has 2 aromatic rings. The van der Waals surface area contributed by atoms with Crippen LogP contribution < -0.4 is 0 Å². The lowest BCUT2D eigenvalue weighted by molar-refractivity contribution is 0.0765. The van der Waals surface area contributed by atoms with Crippen molar-refractivity contribution >= 4 is 29.1 Å². The number of aromatic nitrogens is 1. The second-order valence-corrected chi connectivity index (χ2v) is 6.79. The van der Waals surface area contributed by atoms with Crippen LogP contribution in [0.15, 0.2) is 22.7 Å². The lowest BCUT2D eigenvalue weighted by Crippen LogP contribution is -2.32. The Morgan fingerprint density at radius 3 is 2.71 bits per heavy atom. The molecule has 0 aliphatic carbocycles. The summed E-state index contributed by atoms with van der Waals surface area (Å²) in [7, 11) is 1.77. The summed E-state index contributed by atoms with van der Waals surface area (Å²) in [4.78, 5) is 14.6. The fraction of sp³-hybridized carbons (Fsp3) is 0.412. The molecule has 0 radical (unpaired) electrons. The van der Waals surface area contributed by atoms with Gasteiger partial charge in [0.1, 0.15) is 17.0 Å². The van der Waals surface area contributed by atoms with Crippen molar-refractivity contribution in [3.8, 4) is 11.3 Å². The van der Waals surface area contributed by atoms with Gasteiger partial charge < -0.3 is 14.2 Å². The molecule has 0 bridgehead atoms. The van der Waals surface area contributed by atoms with Crippen molar-refractivity contribution in [1.82, 2.24) is 10.1 Å². The van der Waals surface area contributed by atoms with Crippen molar-refractivity contribution in [1.29, 1.82) is 0 Å². The van der Waals surface area contributed by atoms with Crippen LogP contribution in [-0.4, -0.2) is 42.8 Å². The predicted octanol–water partition coefficient (Wildman–Crippen LogP) is 4.07. The van der Waals surface area contributed by atoms with Crippen molar-refractivity contribution in [3.63, 3.8) is 0 Å². The third kappa shape index (κ3) is 3.29. The number of amides is 1. The van der Waals surface area contributed by atoms with E-state index in [2.05, 4.69) is 5.16 Å². The van der Waals surface area contributed by atoms with Gasteiger partial charge >= 0.3 is 0 Å². The Bertz CT molecular complexity index is 734. The molecular formula is C17H18Cl2N2O3. The minimum atomic E-state index is -0.161. The number of carbonyl (C=O) groups is 1. The zero-order valence-electron chi connectivity index (χ0n) is 13.5. The number of hydrogen-bond acceptors (Lipinski definition) is 4. The quantitative estimate of drug-likeness (QED) is 0.816. The Hall–Kier alpha value is -1.56. The molecule has 1 aliphatic heterocycles. The van der Waals surface area contributed by atoms with E-state index in [4.69, 9.17) is 32.5 Å². The van der Waals surface area contributed by atoms with Crippen LogP contribution in [-0.2, 0) is 4.74 Å². The van der Waals surface area contributed by atoms with Crippen LogP contribution in [0.5, 0.6) is 0 Å². The predicted molar refractivity (Wildman–Crippen MR) is 92.6 cm³/mol. The number of nitrogens with zero attached hydrogens (tertiary/aromatic N) is 2. The number of halogens is 2. The molecule has 1 fully saturated rings. The summed E-state index contributed by atoms with van der Waals surface area (Å²) in [5.74, 6) is 0.638. The van der Waals surface area contributed by atoms with Crippen molar-refractivity contribution < 1.29 is 14.1 Å². The van der Waals surface area contributed by atoms with Gasteiger partial charge in [-0.15, -0.1) is 0 Å². The van der Waals surface area contributed by atoms with Gasteiger partial charge in [-0.3, -0.25) is 4.79 Å². The maximum atomic E-state index is 12.9. The summed E-state index contributed by atoms with van der Waals surface area (Å²) >= 11 is 12.5. The molecule has 1 aliphatic rings. The number of aryl methyl sites for hydroxylation is 1. The highest BCUT2D eigenvalue weighted by Gasteiger charge is 2.28. The van der Waals surface area contributed by atoms with E-state index in [1.807, 2.05) is 0 Å². The molecule has 1 aromatic carbocycles. The SMILES string of the molecule is Cc1onc(-c2c(Cl)cccc2Cl)c1C(=O)N(C)CC1CCOC1. The van der Waals surface area contributed by atoms with Crippen LogP contribution in [0.4, 0.5) is 0 Å². The van der Waals surface area contributed by atoms with Crippen LogP contribution in [0.25, 0.3) is 11.3 Å². The van der Waals surface area contributed by atoms with Crippen molar-refractivity contribution in [3.05, 3.63) is 39.6 Å². The average Bonchev–Trinajstić information content (AvgIpc) is 3.16. The fourth-order valence-corrected chi connectivity index (χ4v) is 3.48. The fourth-order valence-electron chi connectivity index (χ4n) is 2.91. The lowest BCUT2D eigenvalue weighted by Gasteiger charge is -2.20. The molecule has 2 heterocycles. The molecule has 1 amide bonds. The van der Waals surface area contributed by atoms with Crippen LogP contribution in [0, 0.1) is 12.8 Å². The highest BCUT2D eigenvalue weighted by atomic mass is 35.5. The van der Waals surface area contributed by atoms with E-state index in [0.29, 0.717) is 51.7 Å². The Kier molecular flexibility index (Phi) is 5.13. The second-order valence-electron chi connectivity index (χ2n) is 5.97. The smallest absolute Gasteiger partial charge is 0.259 e. The first-order valence-corrected chi connectivity index (χ1v) is 8.48. The first-order valence-electron chi connectivity index (χ1n) is 7.73. The first kappa shape index (κ1) is 17.3. The maximum absolute atomic E-state index is 12.9. The summed E-state index contributed by atoms with van der Waals surface area (Å²) in [6.45, 7) is 3.77. The average molecular weight is 369 g/mol. The van der Waals surface area contributed by atoms with Crippen LogP contribution in [0.1, 0.15) is 22.5 Å². The molecule has 1 aromatic heterocycles. The summed E-state index contributed by atoms with van der Waals surface area (Å²) in [5, 5.41) is 4.88. The van der Waals surface area contributed by atoms with Crippen molar-refractivity contribution in [2.24, 2.45) is 5.92 Å². The van der Waals surface area contributed by atoms with Gasteiger partial charge in [0.25, 0.3) is 5.91 Å². The molecule has 0 N–H and O–H groups in total. The normalized spacial score (nSPS) is 17.2. The number of ether oxygens (including phenoxy) is 1. The first-order chi connectivity index (χ1) is 11.5.